The van der Waals surface area contributed by atoms with Gasteiger partial charge in [0.1, 0.15) is 12.0 Å². The summed E-state index contributed by atoms with van der Waals surface area (Å²) >= 11 is 5.07. The van der Waals surface area contributed by atoms with E-state index in [2.05, 4.69) is 14.3 Å². The number of halogens is 3. The highest BCUT2D eigenvalue weighted by atomic mass is 32.2. The molecule has 2 aromatic rings. The second-order valence-corrected chi connectivity index (χ2v) is 7.80. The number of hydrogen-bond donors (Lipinski definition) is 0. The van der Waals surface area contributed by atoms with Crippen molar-refractivity contribution < 1.29 is 17.4 Å². The molecule has 23 heavy (non-hydrogen) atoms. The molecule has 0 aromatic carbocycles. The Balaban J connectivity index is 2.29. The summed E-state index contributed by atoms with van der Waals surface area (Å²) < 4.78 is 55.8. The molecule has 0 saturated carbocycles. The molecule has 2 rings (SSSR count). The minimum atomic E-state index is -4.51. The van der Waals surface area contributed by atoms with E-state index in [-0.39, 0.29) is 5.11 Å². The summed E-state index contributed by atoms with van der Waals surface area (Å²) in [6, 6.07) is 2.11. The van der Waals surface area contributed by atoms with E-state index in [1.54, 1.807) is 13.1 Å². The highest BCUT2D eigenvalue weighted by molar-refractivity contribution is 7.94. The Morgan fingerprint density at radius 2 is 2.13 bits per heavy atom. The highest BCUT2D eigenvalue weighted by Gasteiger charge is 2.32. The maximum absolute atomic E-state index is 12.7. The fourth-order valence-electron chi connectivity index (χ4n) is 1.72. The Bertz CT molecular complexity index is 807. The summed E-state index contributed by atoms with van der Waals surface area (Å²) in [5, 5.41) is -0.569. The molecular formula is C13H13F3N4OS2. The average Bonchev–Trinajstić information content (AvgIpc) is 2.99. The number of pyridine rings is 1. The summed E-state index contributed by atoms with van der Waals surface area (Å²) in [6.45, 7) is 1.60. The van der Waals surface area contributed by atoms with E-state index >= 15 is 0 Å². The SMILES string of the molecule is CC(c1ccc(C(F)(F)F)nc1)S(C)(=O)=NC(=S)n1ccnc1. The van der Waals surface area contributed by atoms with Crippen molar-refractivity contribution in [2.45, 2.75) is 18.3 Å². The van der Waals surface area contributed by atoms with E-state index in [1.807, 2.05) is 0 Å². The molecule has 0 N–H and O–H groups in total. The van der Waals surface area contributed by atoms with Crippen LogP contribution in [0.3, 0.4) is 0 Å². The topological polar surface area (TPSA) is 60.1 Å². The summed E-state index contributed by atoms with van der Waals surface area (Å²) in [6.07, 6.45) is 2.44. The van der Waals surface area contributed by atoms with Crippen LogP contribution < -0.4 is 0 Å². The van der Waals surface area contributed by atoms with Gasteiger partial charge in [0.2, 0.25) is 5.11 Å². The van der Waals surface area contributed by atoms with Gasteiger partial charge in [-0.3, -0.25) is 9.55 Å². The third kappa shape index (κ3) is 4.14. The first-order valence-corrected chi connectivity index (χ1v) is 8.77. The van der Waals surface area contributed by atoms with Crippen LogP contribution in [0.25, 0.3) is 0 Å². The van der Waals surface area contributed by atoms with Crippen LogP contribution in [0, 0.1) is 0 Å². The minimum Gasteiger partial charge on any atom is -0.281 e. The third-order valence-corrected chi connectivity index (χ3v) is 5.72. The first kappa shape index (κ1) is 17.5. The molecule has 0 aliphatic rings. The number of aromatic nitrogens is 3. The molecule has 0 amide bonds. The lowest BCUT2D eigenvalue weighted by atomic mass is 10.2. The minimum absolute atomic E-state index is 0.0710. The van der Waals surface area contributed by atoms with Gasteiger partial charge < -0.3 is 0 Å². The number of nitrogens with zero attached hydrogens (tertiary/aromatic N) is 4. The van der Waals surface area contributed by atoms with Gasteiger partial charge in [0.25, 0.3) is 0 Å². The van der Waals surface area contributed by atoms with E-state index in [4.69, 9.17) is 12.2 Å². The van der Waals surface area contributed by atoms with Gasteiger partial charge in [-0.05, 0) is 30.8 Å². The predicted octanol–water partition coefficient (Wildman–Crippen LogP) is 3.29. The van der Waals surface area contributed by atoms with Crippen molar-refractivity contribution in [1.82, 2.24) is 14.5 Å². The van der Waals surface area contributed by atoms with Gasteiger partial charge in [0.05, 0.1) is 15.0 Å². The summed E-state index contributed by atoms with van der Waals surface area (Å²) in [4.78, 5) is 7.19. The van der Waals surface area contributed by atoms with Crippen molar-refractivity contribution in [3.05, 3.63) is 48.3 Å². The van der Waals surface area contributed by atoms with E-state index in [1.165, 1.54) is 29.4 Å². The van der Waals surface area contributed by atoms with Crippen molar-refractivity contribution in [2.75, 3.05) is 6.26 Å². The number of hydrogen-bond acceptors (Lipinski definition) is 4. The molecule has 0 saturated heterocycles. The molecule has 0 fully saturated rings. The van der Waals surface area contributed by atoms with Gasteiger partial charge in [-0.15, -0.1) is 0 Å². The molecule has 0 spiro atoms. The number of thiocarbonyl (C=S) groups is 1. The fraction of sp³-hybridized carbons (Fsp3) is 0.308. The van der Waals surface area contributed by atoms with Crippen LogP contribution >= 0.6 is 12.2 Å². The Morgan fingerprint density at radius 3 is 2.61 bits per heavy atom. The Kier molecular flexibility index (Phi) is 4.85. The summed E-state index contributed by atoms with van der Waals surface area (Å²) in [5.74, 6) is 0. The quantitative estimate of drug-likeness (QED) is 0.769. The standard InChI is InChI=1S/C13H13F3N4OS2/c1-9(10-3-4-11(18-7-10)13(14,15)16)23(2,21)19-12(22)20-6-5-17-8-20/h3-9H,1-2H3. The average molecular weight is 362 g/mol. The van der Waals surface area contributed by atoms with Gasteiger partial charge >= 0.3 is 6.18 Å². The van der Waals surface area contributed by atoms with Crippen LogP contribution in [0.1, 0.15) is 23.4 Å². The maximum atomic E-state index is 12.7. The molecule has 2 unspecified atom stereocenters. The monoisotopic (exact) mass is 362 g/mol. The molecule has 5 nitrogen and oxygen atoms in total. The molecule has 0 bridgehead atoms. The molecule has 2 heterocycles. The highest BCUT2D eigenvalue weighted by Crippen LogP contribution is 2.29. The summed E-state index contributed by atoms with van der Waals surface area (Å²) in [5.41, 5.74) is -0.607. The number of alkyl halides is 3. The van der Waals surface area contributed by atoms with Gasteiger partial charge in [0.15, 0.2) is 0 Å². The van der Waals surface area contributed by atoms with E-state index in [0.29, 0.717) is 5.56 Å². The maximum Gasteiger partial charge on any atom is 0.433 e. The van der Waals surface area contributed by atoms with Crippen molar-refractivity contribution in [2.24, 2.45) is 4.36 Å². The second-order valence-electron chi connectivity index (χ2n) is 4.82. The molecule has 2 atom stereocenters. The van der Waals surface area contributed by atoms with Crippen molar-refractivity contribution in [1.29, 1.82) is 0 Å². The van der Waals surface area contributed by atoms with Crippen LogP contribution in [-0.2, 0) is 15.9 Å². The van der Waals surface area contributed by atoms with E-state index < -0.39 is 26.8 Å². The predicted molar refractivity (Wildman–Crippen MR) is 84.4 cm³/mol. The first-order valence-electron chi connectivity index (χ1n) is 6.37. The Hall–Kier alpha value is -1.81. The van der Waals surface area contributed by atoms with Crippen LogP contribution in [0.2, 0.25) is 0 Å². The zero-order chi connectivity index (χ0) is 17.3. The van der Waals surface area contributed by atoms with Gasteiger partial charge in [0, 0.05) is 24.8 Å². The van der Waals surface area contributed by atoms with E-state index in [9.17, 15) is 17.4 Å². The smallest absolute Gasteiger partial charge is 0.281 e. The van der Waals surface area contributed by atoms with Gasteiger partial charge in [-0.25, -0.2) is 9.19 Å². The molecule has 10 heteroatoms. The van der Waals surface area contributed by atoms with Crippen molar-refractivity contribution in [3.63, 3.8) is 0 Å². The normalized spacial score (nSPS) is 15.7. The first-order chi connectivity index (χ1) is 10.6. The van der Waals surface area contributed by atoms with Gasteiger partial charge in [-0.2, -0.15) is 17.5 Å². The molecule has 2 aromatic heterocycles. The lowest BCUT2D eigenvalue weighted by Gasteiger charge is -2.15. The lowest BCUT2D eigenvalue weighted by Crippen LogP contribution is -2.14. The zero-order valence-electron chi connectivity index (χ0n) is 12.2. The third-order valence-electron chi connectivity index (χ3n) is 3.19. The Morgan fingerprint density at radius 1 is 1.43 bits per heavy atom. The van der Waals surface area contributed by atoms with Crippen LogP contribution in [0.5, 0.6) is 0 Å². The Labute approximate surface area is 136 Å². The van der Waals surface area contributed by atoms with Crippen LogP contribution in [0.15, 0.2) is 41.4 Å². The van der Waals surface area contributed by atoms with Crippen LogP contribution in [0.4, 0.5) is 13.2 Å². The molecular weight excluding hydrogens is 349 g/mol. The summed E-state index contributed by atoms with van der Waals surface area (Å²) in [7, 11) is -2.82. The second kappa shape index (κ2) is 6.36. The zero-order valence-corrected chi connectivity index (χ0v) is 13.8. The van der Waals surface area contributed by atoms with Gasteiger partial charge in [-0.1, -0.05) is 6.07 Å². The number of rotatable bonds is 2. The number of imidazole rings is 1. The molecule has 0 aliphatic carbocycles. The van der Waals surface area contributed by atoms with Crippen molar-refractivity contribution >= 4 is 27.1 Å². The lowest BCUT2D eigenvalue weighted by molar-refractivity contribution is -0.141. The fourth-order valence-corrected chi connectivity index (χ4v) is 3.48. The molecule has 124 valence electrons. The largest absolute Gasteiger partial charge is 0.433 e. The van der Waals surface area contributed by atoms with Crippen molar-refractivity contribution in [3.8, 4) is 0 Å². The van der Waals surface area contributed by atoms with Crippen LogP contribution in [-0.4, -0.2) is 30.1 Å². The molecule has 0 aliphatic heterocycles. The van der Waals surface area contributed by atoms with E-state index in [0.717, 1.165) is 12.3 Å². The molecule has 0 radical (unpaired) electrons.